The van der Waals surface area contributed by atoms with Crippen LogP contribution in [0.3, 0.4) is 0 Å². The number of rotatable bonds is 4. The highest BCUT2D eigenvalue weighted by atomic mass is 32.2. The quantitative estimate of drug-likeness (QED) is 0.700. The number of phenolic OH excluding ortho intramolecular Hbond substituents is 2. The summed E-state index contributed by atoms with van der Waals surface area (Å²) >= 11 is 1.66. The van der Waals surface area contributed by atoms with Gasteiger partial charge < -0.3 is 15.5 Å². The van der Waals surface area contributed by atoms with Gasteiger partial charge in [0, 0.05) is 17.4 Å². The number of nitrogens with one attached hydrogen (secondary N) is 1. The third-order valence-electron chi connectivity index (χ3n) is 2.19. The van der Waals surface area contributed by atoms with E-state index in [1.807, 2.05) is 13.2 Å². The maximum atomic E-state index is 11.6. The number of carbonyl (C=O) groups is 1. The Morgan fingerprint density at radius 3 is 2.69 bits per heavy atom. The van der Waals surface area contributed by atoms with Gasteiger partial charge in [0.25, 0.3) is 5.91 Å². The summed E-state index contributed by atoms with van der Waals surface area (Å²) in [4.78, 5) is 11.6. The standard InChI is InChI=1S/C11H15NO3S/c1-7(16-2)6-12-11(15)8-3-4-9(13)10(14)5-8/h3-5,7,13-14H,6H2,1-2H3,(H,12,15). The van der Waals surface area contributed by atoms with Gasteiger partial charge in [0.1, 0.15) is 0 Å². The Hall–Kier alpha value is -1.36. The number of thioether (sulfide) groups is 1. The maximum absolute atomic E-state index is 11.6. The first kappa shape index (κ1) is 12.7. The van der Waals surface area contributed by atoms with E-state index >= 15 is 0 Å². The van der Waals surface area contributed by atoms with Crippen LogP contribution in [0.1, 0.15) is 17.3 Å². The Balaban J connectivity index is 2.63. The van der Waals surface area contributed by atoms with Crippen LogP contribution in [-0.4, -0.2) is 34.2 Å². The van der Waals surface area contributed by atoms with E-state index in [0.29, 0.717) is 17.4 Å². The zero-order valence-corrected chi connectivity index (χ0v) is 10.0. The van der Waals surface area contributed by atoms with Crippen molar-refractivity contribution in [2.24, 2.45) is 0 Å². The fourth-order valence-corrected chi connectivity index (χ4v) is 1.34. The second-order valence-electron chi connectivity index (χ2n) is 3.46. The summed E-state index contributed by atoms with van der Waals surface area (Å²) in [5.74, 6) is -0.768. The summed E-state index contributed by atoms with van der Waals surface area (Å²) < 4.78 is 0. The second-order valence-corrected chi connectivity index (χ2v) is 4.74. The van der Waals surface area contributed by atoms with E-state index < -0.39 is 0 Å². The molecular weight excluding hydrogens is 226 g/mol. The van der Waals surface area contributed by atoms with Gasteiger partial charge >= 0.3 is 0 Å². The van der Waals surface area contributed by atoms with E-state index in [1.165, 1.54) is 18.2 Å². The molecule has 5 heteroatoms. The predicted molar refractivity (Wildman–Crippen MR) is 65.1 cm³/mol. The first-order valence-corrected chi connectivity index (χ1v) is 6.16. The van der Waals surface area contributed by atoms with Crippen LogP contribution in [-0.2, 0) is 0 Å². The van der Waals surface area contributed by atoms with Crippen molar-refractivity contribution < 1.29 is 15.0 Å². The Labute approximate surface area is 98.7 Å². The van der Waals surface area contributed by atoms with E-state index in [4.69, 9.17) is 5.11 Å². The molecule has 1 unspecified atom stereocenters. The van der Waals surface area contributed by atoms with Crippen molar-refractivity contribution in [2.45, 2.75) is 12.2 Å². The van der Waals surface area contributed by atoms with Gasteiger partial charge in [-0.05, 0) is 24.5 Å². The van der Waals surface area contributed by atoms with Crippen molar-refractivity contribution in [3.8, 4) is 11.5 Å². The zero-order valence-electron chi connectivity index (χ0n) is 9.23. The summed E-state index contributed by atoms with van der Waals surface area (Å²) in [7, 11) is 0. The number of benzene rings is 1. The molecule has 0 aromatic heterocycles. The molecule has 1 atom stereocenters. The summed E-state index contributed by atoms with van der Waals surface area (Å²) in [5, 5.41) is 21.4. The molecule has 0 bridgehead atoms. The lowest BCUT2D eigenvalue weighted by atomic mass is 10.2. The molecule has 3 N–H and O–H groups in total. The first-order valence-electron chi connectivity index (χ1n) is 4.87. The Bertz CT molecular complexity index is 381. The fraction of sp³-hybridized carbons (Fsp3) is 0.364. The SMILES string of the molecule is CSC(C)CNC(=O)c1ccc(O)c(O)c1. The number of amides is 1. The van der Waals surface area contributed by atoms with E-state index in [9.17, 15) is 9.90 Å². The molecule has 88 valence electrons. The molecule has 0 heterocycles. The molecule has 0 spiro atoms. The normalized spacial score (nSPS) is 12.1. The second kappa shape index (κ2) is 5.65. The van der Waals surface area contributed by atoms with Crippen LogP contribution in [0.2, 0.25) is 0 Å². The smallest absolute Gasteiger partial charge is 0.251 e. The number of phenols is 2. The Morgan fingerprint density at radius 2 is 2.12 bits per heavy atom. The van der Waals surface area contributed by atoms with Crippen LogP contribution < -0.4 is 5.32 Å². The van der Waals surface area contributed by atoms with Crippen molar-refractivity contribution in [1.82, 2.24) is 5.32 Å². The number of aromatic hydroxyl groups is 2. The van der Waals surface area contributed by atoms with Crippen molar-refractivity contribution >= 4 is 17.7 Å². The summed E-state index contributed by atoms with van der Waals surface area (Å²) in [6, 6.07) is 4.00. The van der Waals surface area contributed by atoms with Crippen molar-refractivity contribution in [3.05, 3.63) is 23.8 Å². The molecule has 0 aliphatic rings. The molecule has 0 saturated carbocycles. The highest BCUT2D eigenvalue weighted by molar-refractivity contribution is 7.99. The summed E-state index contributed by atoms with van der Waals surface area (Å²) in [5.41, 5.74) is 0.337. The lowest BCUT2D eigenvalue weighted by Crippen LogP contribution is -2.29. The monoisotopic (exact) mass is 241 g/mol. The van der Waals surface area contributed by atoms with Crippen LogP contribution in [0, 0.1) is 0 Å². The molecule has 1 amide bonds. The van der Waals surface area contributed by atoms with Crippen LogP contribution in [0.25, 0.3) is 0 Å². The van der Waals surface area contributed by atoms with Gasteiger partial charge in [0.15, 0.2) is 11.5 Å². The van der Waals surface area contributed by atoms with Crippen LogP contribution >= 0.6 is 11.8 Å². The van der Waals surface area contributed by atoms with Gasteiger partial charge in [-0.3, -0.25) is 4.79 Å². The number of carbonyl (C=O) groups excluding carboxylic acids is 1. The molecule has 1 rings (SSSR count). The van der Waals surface area contributed by atoms with Gasteiger partial charge in [-0.2, -0.15) is 11.8 Å². The van der Waals surface area contributed by atoms with Crippen molar-refractivity contribution in [1.29, 1.82) is 0 Å². The minimum atomic E-state index is -0.287. The van der Waals surface area contributed by atoms with E-state index in [2.05, 4.69) is 5.32 Å². The molecule has 0 fully saturated rings. The zero-order chi connectivity index (χ0) is 12.1. The van der Waals surface area contributed by atoms with Gasteiger partial charge in [-0.25, -0.2) is 0 Å². The third kappa shape index (κ3) is 3.34. The topological polar surface area (TPSA) is 69.6 Å². The van der Waals surface area contributed by atoms with Gasteiger partial charge in [0.2, 0.25) is 0 Å². The fourth-order valence-electron chi connectivity index (χ4n) is 1.09. The summed E-state index contributed by atoms with van der Waals surface area (Å²) in [6.07, 6.45) is 1.98. The number of hydrogen-bond acceptors (Lipinski definition) is 4. The lowest BCUT2D eigenvalue weighted by molar-refractivity contribution is 0.0953. The molecule has 1 aromatic rings. The number of hydrogen-bond donors (Lipinski definition) is 3. The molecule has 0 radical (unpaired) electrons. The molecule has 0 saturated heterocycles. The van der Waals surface area contributed by atoms with Crippen molar-refractivity contribution in [3.63, 3.8) is 0 Å². The van der Waals surface area contributed by atoms with Crippen LogP contribution in [0.4, 0.5) is 0 Å². The highest BCUT2D eigenvalue weighted by Crippen LogP contribution is 2.24. The lowest BCUT2D eigenvalue weighted by Gasteiger charge is -2.10. The van der Waals surface area contributed by atoms with Gasteiger partial charge in [-0.15, -0.1) is 0 Å². The van der Waals surface area contributed by atoms with Crippen LogP contribution in [0.15, 0.2) is 18.2 Å². The van der Waals surface area contributed by atoms with E-state index in [1.54, 1.807) is 11.8 Å². The minimum absolute atomic E-state index is 0.228. The van der Waals surface area contributed by atoms with Crippen LogP contribution in [0.5, 0.6) is 11.5 Å². The average molecular weight is 241 g/mol. The van der Waals surface area contributed by atoms with E-state index in [-0.39, 0.29) is 17.4 Å². The maximum Gasteiger partial charge on any atom is 0.251 e. The Morgan fingerprint density at radius 1 is 1.44 bits per heavy atom. The minimum Gasteiger partial charge on any atom is -0.504 e. The summed E-state index contributed by atoms with van der Waals surface area (Å²) in [6.45, 7) is 2.58. The average Bonchev–Trinajstić information content (AvgIpc) is 2.29. The molecule has 4 nitrogen and oxygen atoms in total. The molecule has 1 aromatic carbocycles. The van der Waals surface area contributed by atoms with Gasteiger partial charge in [-0.1, -0.05) is 6.92 Å². The molecule has 0 aliphatic heterocycles. The molecule has 16 heavy (non-hydrogen) atoms. The van der Waals surface area contributed by atoms with Crippen molar-refractivity contribution in [2.75, 3.05) is 12.8 Å². The highest BCUT2D eigenvalue weighted by Gasteiger charge is 2.09. The third-order valence-corrected chi connectivity index (χ3v) is 3.16. The van der Waals surface area contributed by atoms with Gasteiger partial charge in [0.05, 0.1) is 0 Å². The Kier molecular flexibility index (Phi) is 4.49. The molecular formula is C11H15NO3S. The first-order chi connectivity index (χ1) is 7.54. The largest absolute Gasteiger partial charge is 0.504 e. The molecule has 0 aliphatic carbocycles. The van der Waals surface area contributed by atoms with E-state index in [0.717, 1.165) is 0 Å². The predicted octanol–water partition coefficient (Wildman–Crippen LogP) is 1.58.